The Morgan fingerprint density at radius 2 is 2.14 bits per heavy atom. The first-order valence-electron chi connectivity index (χ1n) is 6.10. The third-order valence-electron chi connectivity index (χ3n) is 2.62. The molecule has 21 heavy (non-hydrogen) atoms. The van der Waals surface area contributed by atoms with Crippen LogP contribution in [0.5, 0.6) is 0 Å². The third-order valence-corrected chi connectivity index (χ3v) is 2.95. The predicted octanol–water partition coefficient (Wildman–Crippen LogP) is 2.43. The minimum atomic E-state index is -0.596. The second-order valence-corrected chi connectivity index (χ2v) is 4.44. The summed E-state index contributed by atoms with van der Waals surface area (Å²) < 4.78 is 13.4. The second-order valence-electron chi connectivity index (χ2n) is 4.23. The lowest BCUT2D eigenvalue weighted by Gasteiger charge is -2.14. The molecule has 3 N–H and O–H groups in total. The van der Waals surface area contributed by atoms with Gasteiger partial charge in [0.05, 0.1) is 23.6 Å². The summed E-state index contributed by atoms with van der Waals surface area (Å²) in [6.07, 6.45) is 4.51. The highest BCUT2D eigenvalue weighted by molar-refractivity contribution is 6.15. The van der Waals surface area contributed by atoms with E-state index in [4.69, 9.17) is 11.8 Å². The van der Waals surface area contributed by atoms with E-state index < -0.39 is 11.9 Å². The molecule has 1 amide bonds. The average Bonchev–Trinajstić information content (AvgIpc) is 2.50. The van der Waals surface area contributed by atoms with Crippen LogP contribution in [0.15, 0.2) is 36.8 Å². The maximum Gasteiger partial charge on any atom is 0.242 e. The summed E-state index contributed by atoms with van der Waals surface area (Å²) in [7, 11) is 0. The summed E-state index contributed by atoms with van der Waals surface area (Å²) in [5.41, 5.74) is 0.774. The summed E-state index contributed by atoms with van der Waals surface area (Å²) in [6.45, 7) is 1.60. The summed E-state index contributed by atoms with van der Waals surface area (Å²) >= 11 is 5.40. The Hall–Kier alpha value is -2.25. The van der Waals surface area contributed by atoms with E-state index in [1.807, 2.05) is 0 Å². The lowest BCUT2D eigenvalue weighted by atomic mass is 10.2. The van der Waals surface area contributed by atoms with E-state index in [1.54, 1.807) is 6.92 Å². The Kier molecular flexibility index (Phi) is 5.02. The molecule has 0 aliphatic rings. The number of carbonyl (C=O) groups excluding carboxylic acids is 1. The van der Waals surface area contributed by atoms with Gasteiger partial charge in [-0.15, -0.1) is 0 Å². The summed E-state index contributed by atoms with van der Waals surface area (Å²) in [6, 6.07) is 3.35. The van der Waals surface area contributed by atoms with Gasteiger partial charge >= 0.3 is 0 Å². The van der Waals surface area contributed by atoms with Crippen molar-refractivity contribution < 1.29 is 9.18 Å². The zero-order chi connectivity index (χ0) is 15.2. The molecule has 0 aliphatic heterocycles. The molecular formula is C13H13ClFN5O. The Balaban J connectivity index is 2.23. The van der Waals surface area contributed by atoms with Gasteiger partial charge in [0, 0.05) is 12.4 Å². The standard InChI is InChI=1S/C13H13ClFN5O/c1-8(20-14)13(21)19-10-3-2-9(15)6-11(10)18-12-7-16-4-5-17-12/h2-8,20H,1H3,(H,17,18)(H,19,21)/t8-/m0/s1. The van der Waals surface area contributed by atoms with Gasteiger partial charge in [-0.1, -0.05) is 0 Å². The number of benzene rings is 1. The third kappa shape index (κ3) is 4.11. The minimum absolute atomic E-state index is 0.348. The molecule has 0 bridgehead atoms. The van der Waals surface area contributed by atoms with Gasteiger partial charge < -0.3 is 10.6 Å². The molecule has 0 fully saturated rings. The number of aromatic nitrogens is 2. The van der Waals surface area contributed by atoms with Crippen molar-refractivity contribution in [3.05, 3.63) is 42.6 Å². The zero-order valence-electron chi connectivity index (χ0n) is 11.1. The zero-order valence-corrected chi connectivity index (χ0v) is 11.9. The van der Waals surface area contributed by atoms with Crippen molar-refractivity contribution >= 4 is 34.9 Å². The van der Waals surface area contributed by atoms with Gasteiger partial charge in [0.15, 0.2) is 0 Å². The SMILES string of the molecule is C[C@H](NCl)C(=O)Nc1ccc(F)cc1Nc1cnccn1. The van der Waals surface area contributed by atoms with Crippen LogP contribution in [0.2, 0.25) is 0 Å². The fraction of sp³-hybridized carbons (Fsp3) is 0.154. The second kappa shape index (κ2) is 6.96. The minimum Gasteiger partial charge on any atom is -0.337 e. The van der Waals surface area contributed by atoms with E-state index in [0.29, 0.717) is 17.2 Å². The Bertz CT molecular complexity index is 625. The Morgan fingerprint density at radius 3 is 2.81 bits per heavy atom. The normalized spacial score (nSPS) is 11.8. The van der Waals surface area contributed by atoms with Crippen LogP contribution in [-0.4, -0.2) is 21.9 Å². The smallest absolute Gasteiger partial charge is 0.242 e. The Morgan fingerprint density at radius 1 is 1.33 bits per heavy atom. The first kappa shape index (κ1) is 15.1. The highest BCUT2D eigenvalue weighted by Crippen LogP contribution is 2.25. The monoisotopic (exact) mass is 309 g/mol. The molecule has 2 aromatic rings. The molecule has 0 spiro atoms. The van der Waals surface area contributed by atoms with Crippen molar-refractivity contribution in [2.75, 3.05) is 10.6 Å². The van der Waals surface area contributed by atoms with Crippen LogP contribution in [0.1, 0.15) is 6.92 Å². The number of anilines is 3. The van der Waals surface area contributed by atoms with Crippen LogP contribution < -0.4 is 15.5 Å². The summed E-state index contributed by atoms with van der Waals surface area (Å²) in [4.78, 5) is 22.1. The van der Waals surface area contributed by atoms with E-state index in [1.165, 1.54) is 36.8 Å². The van der Waals surface area contributed by atoms with Gasteiger partial charge in [0.25, 0.3) is 0 Å². The average molecular weight is 310 g/mol. The van der Waals surface area contributed by atoms with Crippen molar-refractivity contribution in [2.45, 2.75) is 13.0 Å². The van der Waals surface area contributed by atoms with Crippen LogP contribution in [0.4, 0.5) is 21.6 Å². The molecule has 1 heterocycles. The highest BCUT2D eigenvalue weighted by atomic mass is 35.5. The molecule has 8 heteroatoms. The van der Waals surface area contributed by atoms with Crippen LogP contribution in [-0.2, 0) is 4.79 Å². The van der Waals surface area contributed by atoms with Gasteiger partial charge in [-0.3, -0.25) is 9.78 Å². The fourth-order valence-electron chi connectivity index (χ4n) is 1.52. The van der Waals surface area contributed by atoms with E-state index in [2.05, 4.69) is 25.4 Å². The number of nitrogens with one attached hydrogen (secondary N) is 3. The molecule has 0 aliphatic carbocycles. The lowest BCUT2D eigenvalue weighted by molar-refractivity contribution is -0.117. The van der Waals surface area contributed by atoms with Gasteiger partial charge in [0.2, 0.25) is 5.91 Å². The number of amides is 1. The van der Waals surface area contributed by atoms with E-state index in [-0.39, 0.29) is 5.91 Å². The van der Waals surface area contributed by atoms with Gasteiger partial charge in [0.1, 0.15) is 11.6 Å². The molecular weight excluding hydrogens is 297 g/mol. The van der Waals surface area contributed by atoms with Crippen LogP contribution in [0.25, 0.3) is 0 Å². The molecule has 0 saturated carbocycles. The van der Waals surface area contributed by atoms with E-state index in [0.717, 1.165) is 0 Å². The molecule has 110 valence electrons. The summed E-state index contributed by atoms with van der Waals surface area (Å²) in [5, 5.41) is 5.54. The predicted molar refractivity (Wildman–Crippen MR) is 78.8 cm³/mol. The van der Waals surface area contributed by atoms with Crippen molar-refractivity contribution in [1.82, 2.24) is 14.8 Å². The number of nitrogens with zero attached hydrogens (tertiary/aromatic N) is 2. The van der Waals surface area contributed by atoms with E-state index in [9.17, 15) is 9.18 Å². The molecule has 1 aromatic carbocycles. The van der Waals surface area contributed by atoms with Crippen LogP contribution in [0, 0.1) is 5.82 Å². The van der Waals surface area contributed by atoms with Gasteiger partial charge in [-0.05, 0) is 36.9 Å². The lowest BCUT2D eigenvalue weighted by Crippen LogP contribution is -2.33. The number of halogens is 2. The number of hydrogen-bond acceptors (Lipinski definition) is 5. The highest BCUT2D eigenvalue weighted by Gasteiger charge is 2.14. The molecule has 1 aromatic heterocycles. The molecule has 1 atom stereocenters. The number of hydrogen-bond donors (Lipinski definition) is 3. The maximum absolute atomic E-state index is 13.4. The van der Waals surface area contributed by atoms with Crippen molar-refractivity contribution in [1.29, 1.82) is 0 Å². The fourth-order valence-corrected chi connectivity index (χ4v) is 1.62. The van der Waals surface area contributed by atoms with Gasteiger partial charge in [-0.25, -0.2) is 14.2 Å². The van der Waals surface area contributed by atoms with Crippen molar-refractivity contribution in [3.8, 4) is 0 Å². The topological polar surface area (TPSA) is 78.9 Å². The van der Waals surface area contributed by atoms with Crippen LogP contribution in [0.3, 0.4) is 0 Å². The molecule has 0 unspecified atom stereocenters. The largest absolute Gasteiger partial charge is 0.337 e. The molecule has 0 saturated heterocycles. The van der Waals surface area contributed by atoms with E-state index >= 15 is 0 Å². The van der Waals surface area contributed by atoms with Crippen molar-refractivity contribution in [3.63, 3.8) is 0 Å². The van der Waals surface area contributed by atoms with Crippen molar-refractivity contribution in [2.24, 2.45) is 0 Å². The molecule has 2 rings (SSSR count). The molecule has 6 nitrogen and oxygen atoms in total. The van der Waals surface area contributed by atoms with Gasteiger partial charge in [-0.2, -0.15) is 0 Å². The number of carbonyl (C=O) groups is 1. The quantitative estimate of drug-likeness (QED) is 0.739. The van der Waals surface area contributed by atoms with Crippen LogP contribution >= 0.6 is 11.8 Å². The maximum atomic E-state index is 13.4. The first-order chi connectivity index (χ1) is 10.1. The molecule has 0 radical (unpaired) electrons. The summed E-state index contributed by atoms with van der Waals surface area (Å²) in [5.74, 6) is -0.358. The first-order valence-corrected chi connectivity index (χ1v) is 6.47. The number of rotatable bonds is 5. The Labute approximate surface area is 125 Å².